The fourth-order valence-corrected chi connectivity index (χ4v) is 1.36. The second-order valence-corrected chi connectivity index (χ2v) is 2.88. The summed E-state index contributed by atoms with van der Waals surface area (Å²) in [5.74, 6) is 0.110. The summed E-state index contributed by atoms with van der Waals surface area (Å²) >= 11 is 0. The normalized spacial score (nSPS) is 10.5. The van der Waals surface area contributed by atoms with E-state index in [4.69, 9.17) is 5.73 Å². The van der Waals surface area contributed by atoms with Crippen LogP contribution < -0.4 is 5.73 Å². The zero-order chi connectivity index (χ0) is 9.42. The first-order valence-corrected chi connectivity index (χ1v) is 3.89. The molecule has 0 heterocycles. The first-order chi connectivity index (χ1) is 6.20. The maximum absolute atomic E-state index is 9.55. The summed E-state index contributed by atoms with van der Waals surface area (Å²) < 4.78 is 0. The summed E-state index contributed by atoms with van der Waals surface area (Å²) in [6, 6.07) is 8.35. The molecule has 0 fully saturated rings. The van der Waals surface area contributed by atoms with Crippen molar-refractivity contribution < 1.29 is 10.2 Å². The lowest BCUT2D eigenvalue weighted by Crippen LogP contribution is -1.86. The van der Waals surface area contributed by atoms with E-state index in [2.05, 4.69) is 0 Å². The molecule has 0 radical (unpaired) electrons. The van der Waals surface area contributed by atoms with Gasteiger partial charge in [0.05, 0.1) is 5.69 Å². The van der Waals surface area contributed by atoms with Crippen LogP contribution in [0.4, 0.5) is 5.69 Å². The topological polar surface area (TPSA) is 66.5 Å². The molecule has 2 rings (SSSR count). The van der Waals surface area contributed by atoms with E-state index in [0.29, 0.717) is 10.8 Å². The van der Waals surface area contributed by atoms with Crippen molar-refractivity contribution in [2.75, 3.05) is 5.73 Å². The number of fused-ring (bicyclic) bond motifs is 1. The van der Waals surface area contributed by atoms with Gasteiger partial charge in [0, 0.05) is 16.8 Å². The van der Waals surface area contributed by atoms with E-state index < -0.39 is 0 Å². The number of aromatic hydroxyl groups is 2. The second-order valence-electron chi connectivity index (χ2n) is 2.88. The molecule has 2 aromatic rings. The Morgan fingerprint density at radius 2 is 1.62 bits per heavy atom. The van der Waals surface area contributed by atoms with Gasteiger partial charge in [-0.15, -0.1) is 0 Å². The predicted molar refractivity (Wildman–Crippen MR) is 51.7 cm³/mol. The molecule has 0 aromatic heterocycles. The number of phenolic OH excluding ortho intramolecular Hbond substituents is 2. The fraction of sp³-hybridized carbons (Fsp3) is 0. The highest BCUT2D eigenvalue weighted by molar-refractivity contribution is 5.96. The summed E-state index contributed by atoms with van der Waals surface area (Å²) in [4.78, 5) is 0. The van der Waals surface area contributed by atoms with Crippen LogP contribution in [0.15, 0.2) is 30.3 Å². The number of hydrogen-bond acceptors (Lipinski definition) is 3. The fourth-order valence-electron chi connectivity index (χ4n) is 1.36. The second kappa shape index (κ2) is 2.55. The van der Waals surface area contributed by atoms with Crippen molar-refractivity contribution in [2.45, 2.75) is 0 Å². The number of nitrogen functional groups attached to an aromatic ring is 1. The van der Waals surface area contributed by atoms with Crippen LogP contribution in [0.5, 0.6) is 11.5 Å². The first-order valence-electron chi connectivity index (χ1n) is 3.89. The molecule has 0 saturated carbocycles. The Morgan fingerprint density at radius 3 is 2.31 bits per heavy atom. The molecular formula is C10H9NO2. The Morgan fingerprint density at radius 1 is 1.00 bits per heavy atom. The first kappa shape index (κ1) is 7.73. The lowest BCUT2D eigenvalue weighted by molar-refractivity contribution is 0.471. The van der Waals surface area contributed by atoms with Gasteiger partial charge in [-0.1, -0.05) is 24.3 Å². The van der Waals surface area contributed by atoms with E-state index in [1.165, 1.54) is 6.07 Å². The van der Waals surface area contributed by atoms with Crippen molar-refractivity contribution >= 4 is 16.5 Å². The summed E-state index contributed by atoms with van der Waals surface area (Å²) in [6.07, 6.45) is 0. The number of benzene rings is 2. The molecule has 3 nitrogen and oxygen atoms in total. The molecule has 0 aliphatic carbocycles. The third-order valence-electron chi connectivity index (χ3n) is 2.02. The van der Waals surface area contributed by atoms with Gasteiger partial charge < -0.3 is 15.9 Å². The molecule has 2 aromatic carbocycles. The number of rotatable bonds is 0. The summed E-state index contributed by atoms with van der Waals surface area (Å²) in [7, 11) is 0. The molecule has 66 valence electrons. The minimum Gasteiger partial charge on any atom is -0.507 e. The lowest BCUT2D eigenvalue weighted by Gasteiger charge is -2.05. The molecule has 0 unspecified atom stereocenters. The quantitative estimate of drug-likeness (QED) is 0.325. The average Bonchev–Trinajstić information content (AvgIpc) is 2.15. The van der Waals surface area contributed by atoms with E-state index in [-0.39, 0.29) is 17.2 Å². The van der Waals surface area contributed by atoms with Crippen molar-refractivity contribution in [3.8, 4) is 11.5 Å². The maximum Gasteiger partial charge on any atom is 0.146 e. The molecule has 0 saturated heterocycles. The molecule has 3 heteroatoms. The Labute approximate surface area is 75.0 Å². The average molecular weight is 175 g/mol. The summed E-state index contributed by atoms with van der Waals surface area (Å²) in [5.41, 5.74) is 5.67. The molecule has 0 atom stereocenters. The summed E-state index contributed by atoms with van der Waals surface area (Å²) in [5, 5.41) is 20.2. The van der Waals surface area contributed by atoms with Crippen molar-refractivity contribution in [3.63, 3.8) is 0 Å². The van der Waals surface area contributed by atoms with Crippen LogP contribution in [0.3, 0.4) is 0 Å². The van der Waals surface area contributed by atoms with Gasteiger partial charge in [-0.2, -0.15) is 0 Å². The van der Waals surface area contributed by atoms with Gasteiger partial charge in [-0.25, -0.2) is 0 Å². The van der Waals surface area contributed by atoms with Gasteiger partial charge in [0.1, 0.15) is 11.5 Å². The third-order valence-corrected chi connectivity index (χ3v) is 2.02. The zero-order valence-corrected chi connectivity index (χ0v) is 6.86. The highest BCUT2D eigenvalue weighted by Gasteiger charge is 2.06. The van der Waals surface area contributed by atoms with Crippen molar-refractivity contribution in [1.29, 1.82) is 0 Å². The minimum absolute atomic E-state index is 0.0217. The van der Waals surface area contributed by atoms with E-state index in [0.717, 1.165) is 0 Å². The number of hydrogen-bond donors (Lipinski definition) is 3. The molecule has 0 amide bonds. The van der Waals surface area contributed by atoms with Crippen LogP contribution >= 0.6 is 0 Å². The highest BCUT2D eigenvalue weighted by atomic mass is 16.3. The predicted octanol–water partition coefficient (Wildman–Crippen LogP) is 1.83. The molecule has 0 aliphatic heterocycles. The number of nitrogens with two attached hydrogens (primary N) is 1. The van der Waals surface area contributed by atoms with Crippen LogP contribution in [0, 0.1) is 0 Å². The monoisotopic (exact) mass is 175 g/mol. The molecule has 4 N–H and O–H groups in total. The van der Waals surface area contributed by atoms with Crippen LogP contribution in [0.25, 0.3) is 10.8 Å². The molecule has 0 bridgehead atoms. The number of phenols is 2. The Hall–Kier alpha value is -1.90. The van der Waals surface area contributed by atoms with Gasteiger partial charge in [0.25, 0.3) is 0 Å². The molecule has 0 aliphatic rings. The van der Waals surface area contributed by atoms with Gasteiger partial charge in [-0.05, 0) is 0 Å². The Balaban J connectivity index is 2.97. The van der Waals surface area contributed by atoms with E-state index >= 15 is 0 Å². The molecular weight excluding hydrogens is 166 g/mol. The van der Waals surface area contributed by atoms with Gasteiger partial charge in [0.15, 0.2) is 0 Å². The van der Waals surface area contributed by atoms with Crippen LogP contribution in [0.1, 0.15) is 0 Å². The molecule has 13 heavy (non-hydrogen) atoms. The van der Waals surface area contributed by atoms with E-state index in [1.54, 1.807) is 24.3 Å². The molecule has 0 spiro atoms. The maximum atomic E-state index is 9.55. The smallest absolute Gasteiger partial charge is 0.146 e. The van der Waals surface area contributed by atoms with Crippen LogP contribution in [0.2, 0.25) is 0 Å². The summed E-state index contributed by atoms with van der Waals surface area (Å²) in [6.45, 7) is 0. The highest BCUT2D eigenvalue weighted by Crippen LogP contribution is 2.36. The van der Waals surface area contributed by atoms with Crippen molar-refractivity contribution in [1.82, 2.24) is 0 Å². The lowest BCUT2D eigenvalue weighted by atomic mass is 10.1. The third kappa shape index (κ3) is 1.05. The zero-order valence-electron chi connectivity index (χ0n) is 6.86. The van der Waals surface area contributed by atoms with Gasteiger partial charge in [-0.3, -0.25) is 0 Å². The Kier molecular flexibility index (Phi) is 1.52. The van der Waals surface area contributed by atoms with Crippen molar-refractivity contribution in [2.24, 2.45) is 0 Å². The van der Waals surface area contributed by atoms with Gasteiger partial charge in [0.2, 0.25) is 0 Å². The van der Waals surface area contributed by atoms with Crippen molar-refractivity contribution in [3.05, 3.63) is 30.3 Å². The minimum atomic E-state index is 0.0217. The largest absolute Gasteiger partial charge is 0.507 e. The number of anilines is 1. The SMILES string of the molecule is Nc1cc(O)c2ccccc2c1O. The Bertz CT molecular complexity index is 466. The standard InChI is InChI=1S/C10H9NO2/c11-8-5-9(12)6-3-1-2-4-7(6)10(8)13/h1-5,12-13H,11H2. The van der Waals surface area contributed by atoms with Crippen LogP contribution in [-0.4, -0.2) is 10.2 Å². The van der Waals surface area contributed by atoms with E-state index in [1.807, 2.05) is 0 Å². The van der Waals surface area contributed by atoms with E-state index in [9.17, 15) is 10.2 Å². The van der Waals surface area contributed by atoms with Gasteiger partial charge >= 0.3 is 0 Å². The van der Waals surface area contributed by atoms with Crippen LogP contribution in [-0.2, 0) is 0 Å².